The van der Waals surface area contributed by atoms with E-state index < -0.39 is 5.54 Å². The Bertz CT molecular complexity index is 401. The predicted molar refractivity (Wildman–Crippen MR) is 70.3 cm³/mol. The Kier molecular flexibility index (Phi) is 4.90. The smallest absolute Gasteiger partial charge is 0.325 e. The summed E-state index contributed by atoms with van der Waals surface area (Å²) in [4.78, 5) is 11.9. The van der Waals surface area contributed by atoms with Gasteiger partial charge >= 0.3 is 5.97 Å². The van der Waals surface area contributed by atoms with Gasteiger partial charge in [0.1, 0.15) is 5.54 Å². The molecule has 0 aromatic carbocycles. The second kappa shape index (κ2) is 6.00. The van der Waals surface area contributed by atoms with Gasteiger partial charge in [0.25, 0.3) is 0 Å². The maximum absolute atomic E-state index is 11.9. The van der Waals surface area contributed by atoms with Gasteiger partial charge in [-0.1, -0.05) is 0 Å². The molecule has 18 heavy (non-hydrogen) atoms. The summed E-state index contributed by atoms with van der Waals surface area (Å²) in [6.07, 6.45) is 4.41. The Hall–Kier alpha value is -1.36. The van der Waals surface area contributed by atoms with Crippen LogP contribution in [0.1, 0.15) is 32.8 Å². The molecule has 0 fully saturated rings. The largest absolute Gasteiger partial charge is 0.468 e. The summed E-state index contributed by atoms with van der Waals surface area (Å²) < 4.78 is 6.72. The number of aromatic nitrogens is 2. The number of methoxy groups -OCH3 is 1. The summed E-state index contributed by atoms with van der Waals surface area (Å²) in [5, 5.41) is 7.49. The molecule has 0 spiro atoms. The molecule has 0 aliphatic heterocycles. The van der Waals surface area contributed by atoms with Crippen molar-refractivity contribution in [1.82, 2.24) is 15.1 Å². The van der Waals surface area contributed by atoms with Crippen molar-refractivity contribution in [3.8, 4) is 0 Å². The summed E-state index contributed by atoms with van der Waals surface area (Å²) >= 11 is 0. The molecule has 0 bridgehead atoms. The second-order valence-corrected chi connectivity index (χ2v) is 5.15. The summed E-state index contributed by atoms with van der Waals surface area (Å²) in [5.74, 6) is -0.236. The zero-order valence-electron chi connectivity index (χ0n) is 11.9. The quantitative estimate of drug-likeness (QED) is 0.781. The highest BCUT2D eigenvalue weighted by Gasteiger charge is 2.34. The molecule has 1 aromatic rings. The maximum atomic E-state index is 11.9. The first kappa shape index (κ1) is 14.7. The molecular weight excluding hydrogens is 230 g/mol. The van der Waals surface area contributed by atoms with E-state index in [1.807, 2.05) is 44.8 Å². The van der Waals surface area contributed by atoms with Crippen LogP contribution in [0.25, 0.3) is 0 Å². The number of hydrogen-bond acceptors (Lipinski definition) is 4. The van der Waals surface area contributed by atoms with Gasteiger partial charge in [0.05, 0.1) is 13.3 Å². The van der Waals surface area contributed by atoms with E-state index in [4.69, 9.17) is 4.74 Å². The van der Waals surface area contributed by atoms with Crippen LogP contribution in [-0.2, 0) is 16.1 Å². The van der Waals surface area contributed by atoms with Crippen LogP contribution in [0.15, 0.2) is 12.4 Å². The number of carbonyl (C=O) groups excluding carboxylic acids is 1. The lowest BCUT2D eigenvalue weighted by atomic mass is 9.97. The van der Waals surface area contributed by atoms with Gasteiger partial charge in [-0.25, -0.2) is 0 Å². The van der Waals surface area contributed by atoms with Gasteiger partial charge in [-0.15, -0.1) is 0 Å². The van der Waals surface area contributed by atoms with Crippen molar-refractivity contribution in [3.05, 3.63) is 18.0 Å². The molecule has 1 unspecified atom stereocenters. The molecule has 1 N–H and O–H groups in total. The van der Waals surface area contributed by atoms with Crippen LogP contribution < -0.4 is 5.32 Å². The summed E-state index contributed by atoms with van der Waals surface area (Å²) in [5.41, 5.74) is 0.439. The van der Waals surface area contributed by atoms with Crippen molar-refractivity contribution >= 4 is 5.97 Å². The van der Waals surface area contributed by atoms with E-state index >= 15 is 0 Å². The Morgan fingerprint density at radius 2 is 2.28 bits per heavy atom. The van der Waals surface area contributed by atoms with E-state index in [1.165, 1.54) is 7.11 Å². The van der Waals surface area contributed by atoms with Crippen molar-refractivity contribution in [1.29, 1.82) is 0 Å². The van der Waals surface area contributed by atoms with Crippen molar-refractivity contribution in [3.63, 3.8) is 0 Å². The van der Waals surface area contributed by atoms with Gasteiger partial charge in [0, 0.05) is 18.8 Å². The molecule has 0 aliphatic rings. The predicted octanol–water partition coefficient (Wildman–Crippen LogP) is 1.51. The standard InChI is InChI=1S/C13H23N3O2/c1-10(2)15-13(4,12(17)18-5)6-7-16-9-11(3)8-14-16/h8-10,15H,6-7H2,1-5H3. The van der Waals surface area contributed by atoms with E-state index in [9.17, 15) is 4.79 Å². The SMILES string of the molecule is COC(=O)C(C)(CCn1cc(C)cn1)NC(C)C. The number of carbonyl (C=O) groups is 1. The van der Waals surface area contributed by atoms with Gasteiger partial charge < -0.3 is 4.74 Å². The molecule has 5 heteroatoms. The molecule has 1 heterocycles. The number of aryl methyl sites for hydroxylation is 2. The third-order valence-corrected chi connectivity index (χ3v) is 2.85. The van der Waals surface area contributed by atoms with Gasteiger partial charge in [-0.2, -0.15) is 5.10 Å². The van der Waals surface area contributed by atoms with Crippen molar-refractivity contribution in [2.75, 3.05) is 7.11 Å². The number of ether oxygens (including phenoxy) is 1. The molecule has 0 amide bonds. The number of rotatable bonds is 6. The number of esters is 1. The Morgan fingerprint density at radius 3 is 2.72 bits per heavy atom. The van der Waals surface area contributed by atoms with E-state index in [0.717, 1.165) is 5.56 Å². The molecule has 1 rings (SSSR count). The highest BCUT2D eigenvalue weighted by Crippen LogP contribution is 2.14. The first-order valence-corrected chi connectivity index (χ1v) is 6.22. The zero-order chi connectivity index (χ0) is 13.8. The molecule has 0 saturated carbocycles. The summed E-state index contributed by atoms with van der Waals surface area (Å²) in [6.45, 7) is 8.57. The summed E-state index contributed by atoms with van der Waals surface area (Å²) in [6, 6.07) is 0.216. The summed E-state index contributed by atoms with van der Waals surface area (Å²) in [7, 11) is 1.42. The van der Waals surface area contributed by atoms with Crippen molar-refractivity contribution < 1.29 is 9.53 Å². The van der Waals surface area contributed by atoms with Crippen LogP contribution in [0.2, 0.25) is 0 Å². The average molecular weight is 253 g/mol. The van der Waals surface area contributed by atoms with Crippen LogP contribution in [0.4, 0.5) is 0 Å². The first-order valence-electron chi connectivity index (χ1n) is 6.22. The molecular formula is C13H23N3O2. The Balaban J connectivity index is 2.69. The lowest BCUT2D eigenvalue weighted by Crippen LogP contribution is -2.53. The van der Waals surface area contributed by atoms with Gasteiger partial charge in [0.2, 0.25) is 0 Å². The second-order valence-electron chi connectivity index (χ2n) is 5.15. The monoisotopic (exact) mass is 253 g/mol. The van der Waals surface area contributed by atoms with Gasteiger partial charge in [-0.3, -0.25) is 14.8 Å². The molecule has 5 nitrogen and oxygen atoms in total. The van der Waals surface area contributed by atoms with Crippen molar-refractivity contribution in [2.24, 2.45) is 0 Å². The fourth-order valence-corrected chi connectivity index (χ4v) is 2.02. The molecule has 1 atom stereocenters. The maximum Gasteiger partial charge on any atom is 0.325 e. The fraction of sp³-hybridized carbons (Fsp3) is 0.692. The number of nitrogens with zero attached hydrogens (tertiary/aromatic N) is 2. The van der Waals surface area contributed by atoms with E-state index in [0.29, 0.717) is 13.0 Å². The third-order valence-electron chi connectivity index (χ3n) is 2.85. The molecule has 0 saturated heterocycles. The Labute approximate surface area is 109 Å². The minimum Gasteiger partial charge on any atom is -0.468 e. The van der Waals surface area contributed by atoms with Crippen LogP contribution in [0.5, 0.6) is 0 Å². The highest BCUT2D eigenvalue weighted by atomic mass is 16.5. The lowest BCUT2D eigenvalue weighted by Gasteiger charge is -2.30. The Morgan fingerprint density at radius 1 is 1.61 bits per heavy atom. The van der Waals surface area contributed by atoms with Crippen LogP contribution in [0, 0.1) is 6.92 Å². The lowest BCUT2D eigenvalue weighted by molar-refractivity contribution is -0.148. The topological polar surface area (TPSA) is 56.2 Å². The van der Waals surface area contributed by atoms with E-state index in [1.54, 1.807) is 0 Å². The molecule has 0 radical (unpaired) electrons. The molecule has 0 aliphatic carbocycles. The van der Waals surface area contributed by atoms with Gasteiger partial charge in [0.15, 0.2) is 0 Å². The number of nitrogens with one attached hydrogen (secondary N) is 1. The average Bonchev–Trinajstić information content (AvgIpc) is 2.70. The molecule has 1 aromatic heterocycles. The van der Waals surface area contributed by atoms with Crippen LogP contribution in [-0.4, -0.2) is 34.4 Å². The first-order chi connectivity index (χ1) is 8.37. The van der Waals surface area contributed by atoms with Gasteiger partial charge in [-0.05, 0) is 39.7 Å². The van der Waals surface area contributed by atoms with Crippen LogP contribution in [0.3, 0.4) is 0 Å². The highest BCUT2D eigenvalue weighted by molar-refractivity contribution is 5.80. The minimum atomic E-state index is -0.678. The zero-order valence-corrected chi connectivity index (χ0v) is 11.9. The van der Waals surface area contributed by atoms with Crippen molar-refractivity contribution in [2.45, 2.75) is 52.2 Å². The minimum absolute atomic E-state index is 0.216. The normalized spacial score (nSPS) is 14.6. The third kappa shape index (κ3) is 3.84. The fourth-order valence-electron chi connectivity index (χ4n) is 2.02. The molecule has 102 valence electrons. The van der Waals surface area contributed by atoms with E-state index in [2.05, 4.69) is 10.4 Å². The van der Waals surface area contributed by atoms with E-state index in [-0.39, 0.29) is 12.0 Å². The van der Waals surface area contributed by atoms with Crippen LogP contribution >= 0.6 is 0 Å². The number of hydrogen-bond donors (Lipinski definition) is 1.